The van der Waals surface area contributed by atoms with Crippen LogP contribution in [0.4, 0.5) is 9.59 Å². The first-order chi connectivity index (χ1) is 26.4. The van der Waals surface area contributed by atoms with E-state index in [9.17, 15) is 19.2 Å². The van der Waals surface area contributed by atoms with E-state index in [0.717, 1.165) is 59.1 Å². The summed E-state index contributed by atoms with van der Waals surface area (Å²) in [4.78, 5) is 64.9. The molecule has 5 atom stereocenters. The third kappa shape index (κ3) is 8.35. The predicted octanol–water partition coefficient (Wildman–Crippen LogP) is 4.54. The van der Waals surface area contributed by atoms with Gasteiger partial charge in [0, 0.05) is 37.5 Å². The van der Waals surface area contributed by atoms with E-state index in [-0.39, 0.29) is 41.9 Å². The summed E-state index contributed by atoms with van der Waals surface area (Å²) in [6, 6.07) is 12.2. The van der Waals surface area contributed by atoms with Crippen LogP contribution in [0, 0.1) is 23.7 Å². The fraction of sp³-hybridized carbons (Fsp3) is 0.488. The number of hydrogen-bond acceptors (Lipinski definition) is 9. The highest BCUT2D eigenvalue weighted by molar-refractivity contribution is 5.87. The molecule has 3 aliphatic rings. The molecular weight excluding hydrogens is 701 g/mol. The summed E-state index contributed by atoms with van der Waals surface area (Å²) in [7, 11) is 4.22. The van der Waals surface area contributed by atoms with E-state index in [0.29, 0.717) is 18.9 Å². The molecule has 4 amide bonds. The Bertz CT molecular complexity index is 2000. The number of nitrogens with zero attached hydrogens (tertiary/aromatic N) is 4. The van der Waals surface area contributed by atoms with Gasteiger partial charge in [0.1, 0.15) is 24.1 Å². The van der Waals surface area contributed by atoms with E-state index in [1.54, 1.807) is 11.9 Å². The molecule has 292 valence electrons. The van der Waals surface area contributed by atoms with Gasteiger partial charge in [0.05, 0.1) is 43.0 Å². The topological polar surface area (TPSA) is 161 Å². The van der Waals surface area contributed by atoms with Gasteiger partial charge in [-0.2, -0.15) is 0 Å². The Balaban J connectivity index is 1.09. The van der Waals surface area contributed by atoms with E-state index in [4.69, 9.17) is 14.5 Å². The van der Waals surface area contributed by atoms with E-state index >= 15 is 0 Å². The molecule has 1 aromatic heterocycles. The van der Waals surface area contributed by atoms with Crippen molar-refractivity contribution >= 4 is 40.7 Å². The van der Waals surface area contributed by atoms with Crippen LogP contribution in [0.15, 0.2) is 48.7 Å². The van der Waals surface area contributed by atoms with Crippen molar-refractivity contribution in [1.29, 1.82) is 0 Å². The molecule has 4 heterocycles. The Labute approximate surface area is 322 Å². The summed E-state index contributed by atoms with van der Waals surface area (Å²) in [5.41, 5.74) is 5.24. The molecule has 4 N–H and O–H groups in total. The molecule has 2 aromatic carbocycles. The van der Waals surface area contributed by atoms with Crippen LogP contribution in [0.25, 0.3) is 16.7 Å². The maximum atomic E-state index is 13.8. The molecule has 1 unspecified atom stereocenters. The fourth-order valence-corrected chi connectivity index (χ4v) is 7.87. The van der Waals surface area contributed by atoms with Crippen LogP contribution < -0.4 is 16.0 Å². The number of alkyl carbamates (subject to hydrolysis) is 1. The molecule has 0 aliphatic carbocycles. The van der Waals surface area contributed by atoms with Crippen LogP contribution in [0.3, 0.4) is 0 Å². The van der Waals surface area contributed by atoms with Crippen molar-refractivity contribution in [2.45, 2.75) is 83.7 Å². The van der Waals surface area contributed by atoms with Crippen LogP contribution in [0.2, 0.25) is 0 Å². The third-order valence-corrected chi connectivity index (χ3v) is 10.7. The first-order valence-corrected chi connectivity index (χ1v) is 19.0. The molecule has 3 aromatic rings. The SMILES string of the molecule is COC(=O)N[C@H](C(=O)N1CCC[C@H]1c1nc2ccc(C#Cc3ccc(C4=CNC([C@@H]5CCCN5C(=O)[C@H](C(C)C)N(C)C(=O)OC)N4)cc3)cc2[nH]1)C(C)C. The molecule has 0 bridgehead atoms. The number of benzene rings is 2. The van der Waals surface area contributed by atoms with Crippen molar-refractivity contribution in [3.63, 3.8) is 0 Å². The van der Waals surface area contributed by atoms with Gasteiger partial charge in [-0.3, -0.25) is 14.5 Å². The van der Waals surface area contributed by atoms with Crippen molar-refractivity contribution in [2.75, 3.05) is 34.4 Å². The third-order valence-electron chi connectivity index (χ3n) is 10.7. The number of amides is 4. The fourth-order valence-electron chi connectivity index (χ4n) is 7.87. The second-order valence-electron chi connectivity index (χ2n) is 15.1. The van der Waals surface area contributed by atoms with Crippen LogP contribution in [0.5, 0.6) is 0 Å². The zero-order valence-corrected chi connectivity index (χ0v) is 32.6. The molecule has 2 saturated heterocycles. The molecule has 14 nitrogen and oxygen atoms in total. The number of aromatic amines is 1. The van der Waals surface area contributed by atoms with Crippen LogP contribution in [0.1, 0.15) is 81.9 Å². The Hall–Kier alpha value is -5.71. The second kappa shape index (κ2) is 16.8. The van der Waals surface area contributed by atoms with Gasteiger partial charge in [0.25, 0.3) is 0 Å². The van der Waals surface area contributed by atoms with Crippen molar-refractivity contribution in [1.82, 2.24) is 40.6 Å². The largest absolute Gasteiger partial charge is 0.453 e. The number of aromatic nitrogens is 2. The number of fused-ring (bicyclic) bond motifs is 1. The normalized spacial score (nSPS) is 20.3. The number of H-pyrrole nitrogens is 1. The number of carbonyl (C=O) groups excluding carboxylic acids is 4. The number of methoxy groups -OCH3 is 2. The van der Waals surface area contributed by atoms with Gasteiger partial charge in [-0.15, -0.1) is 0 Å². The molecule has 0 saturated carbocycles. The minimum absolute atomic E-state index is 0.0731. The smallest absolute Gasteiger partial charge is 0.409 e. The summed E-state index contributed by atoms with van der Waals surface area (Å²) in [5, 5.41) is 9.70. The molecule has 0 radical (unpaired) electrons. The lowest BCUT2D eigenvalue weighted by atomic mass is 10.0. The average Bonchev–Trinajstić information content (AvgIpc) is 4.01. The summed E-state index contributed by atoms with van der Waals surface area (Å²) < 4.78 is 9.66. The van der Waals surface area contributed by atoms with E-state index in [1.165, 1.54) is 19.1 Å². The first kappa shape index (κ1) is 39.0. The van der Waals surface area contributed by atoms with Crippen molar-refractivity contribution in [2.24, 2.45) is 11.8 Å². The highest BCUT2D eigenvalue weighted by atomic mass is 16.5. The van der Waals surface area contributed by atoms with Crippen LogP contribution in [-0.4, -0.2) is 107 Å². The van der Waals surface area contributed by atoms with Gasteiger partial charge in [-0.1, -0.05) is 51.7 Å². The molecule has 6 rings (SSSR count). The second-order valence-corrected chi connectivity index (χ2v) is 15.1. The zero-order valence-electron chi connectivity index (χ0n) is 32.6. The molecule has 0 spiro atoms. The van der Waals surface area contributed by atoms with Crippen LogP contribution in [-0.2, 0) is 19.1 Å². The summed E-state index contributed by atoms with van der Waals surface area (Å²) >= 11 is 0. The Morgan fingerprint density at radius 1 is 0.891 bits per heavy atom. The lowest BCUT2D eigenvalue weighted by molar-refractivity contribution is -0.139. The predicted molar refractivity (Wildman–Crippen MR) is 208 cm³/mol. The summed E-state index contributed by atoms with van der Waals surface area (Å²) in [6.45, 7) is 8.89. The van der Waals surface area contributed by atoms with E-state index < -0.39 is 24.3 Å². The van der Waals surface area contributed by atoms with E-state index in [2.05, 4.69) is 32.8 Å². The van der Waals surface area contributed by atoms with Crippen LogP contribution >= 0.6 is 0 Å². The minimum atomic E-state index is -0.695. The van der Waals surface area contributed by atoms with Gasteiger partial charge in [0.15, 0.2) is 0 Å². The van der Waals surface area contributed by atoms with Gasteiger partial charge in [-0.05, 0) is 73.4 Å². The molecule has 55 heavy (non-hydrogen) atoms. The quantitative estimate of drug-likeness (QED) is 0.230. The summed E-state index contributed by atoms with van der Waals surface area (Å²) in [6.07, 6.45) is 3.98. The van der Waals surface area contributed by atoms with Crippen molar-refractivity contribution in [3.8, 4) is 11.8 Å². The Morgan fingerprint density at radius 3 is 2.27 bits per heavy atom. The van der Waals surface area contributed by atoms with Crippen molar-refractivity contribution < 1.29 is 28.7 Å². The van der Waals surface area contributed by atoms with Gasteiger partial charge in [0.2, 0.25) is 11.8 Å². The minimum Gasteiger partial charge on any atom is -0.453 e. The van der Waals surface area contributed by atoms with Gasteiger partial charge in [-0.25, -0.2) is 14.6 Å². The molecule has 3 aliphatic heterocycles. The highest BCUT2D eigenvalue weighted by Crippen LogP contribution is 2.33. The maximum Gasteiger partial charge on any atom is 0.409 e. The number of likely N-dealkylation sites (tertiary alicyclic amines) is 2. The number of likely N-dealkylation sites (N-methyl/N-ethyl adjacent to an activating group) is 1. The maximum absolute atomic E-state index is 13.8. The Morgan fingerprint density at radius 2 is 1.58 bits per heavy atom. The number of carbonyl (C=O) groups is 4. The molecule has 14 heteroatoms. The van der Waals surface area contributed by atoms with Gasteiger partial charge < -0.3 is 40.2 Å². The van der Waals surface area contributed by atoms with Crippen molar-refractivity contribution in [3.05, 3.63) is 71.2 Å². The van der Waals surface area contributed by atoms with Gasteiger partial charge >= 0.3 is 12.2 Å². The monoisotopic (exact) mass is 752 g/mol. The highest BCUT2D eigenvalue weighted by Gasteiger charge is 2.42. The summed E-state index contributed by atoms with van der Waals surface area (Å²) in [5.74, 6) is 6.84. The Kier molecular flexibility index (Phi) is 11.9. The lowest BCUT2D eigenvalue weighted by Crippen LogP contribution is -2.57. The van der Waals surface area contributed by atoms with E-state index in [1.807, 2.05) is 81.3 Å². The number of imidazole rings is 1. The number of hydrogen-bond donors (Lipinski definition) is 4. The first-order valence-electron chi connectivity index (χ1n) is 19.0. The lowest BCUT2D eigenvalue weighted by Gasteiger charge is -2.36. The molecule has 2 fully saturated rings. The standard InChI is InChI=1S/C41H52N8O6/c1-24(2)34(46-40(52)54-6)38(50)48-20-9-11-33(48)37-43-29-19-16-27(22-30(29)44-37)13-12-26-14-17-28(18-15-26)31-23-42-36(45-31)32-10-8-21-49(32)39(51)35(25(3)4)47(5)41(53)55-7/h14-19,22-25,32-36,42,45H,8-11,20-21H2,1-7H3,(H,43,44)(H,46,52)/t32-,33-,34-,35-,36?/m0/s1. The zero-order chi connectivity index (χ0) is 39.4. The number of ether oxygens (including phenoxy) is 2. The number of rotatable bonds is 9. The average molecular weight is 753 g/mol. The number of nitrogens with one attached hydrogen (secondary N) is 4. The molecular formula is C41H52N8O6.